The zero-order valence-corrected chi connectivity index (χ0v) is 16.2. The lowest BCUT2D eigenvalue weighted by molar-refractivity contribution is -0.134. The molecule has 2 aromatic heterocycles. The molecule has 0 N–H and O–H groups in total. The van der Waals surface area contributed by atoms with E-state index in [9.17, 15) is 9.59 Å². The van der Waals surface area contributed by atoms with E-state index in [0.717, 1.165) is 23.6 Å². The second-order valence-corrected chi connectivity index (χ2v) is 7.89. The van der Waals surface area contributed by atoms with Crippen molar-refractivity contribution < 1.29 is 4.79 Å². The van der Waals surface area contributed by atoms with Gasteiger partial charge in [-0.3, -0.25) is 14.6 Å². The molecule has 8 heteroatoms. The van der Waals surface area contributed by atoms with E-state index in [2.05, 4.69) is 15.3 Å². The number of carbonyl (C=O) groups excluding carboxylic acids is 1. The Kier molecular flexibility index (Phi) is 5.66. The summed E-state index contributed by atoms with van der Waals surface area (Å²) in [5.74, 6) is 2.01. The highest BCUT2D eigenvalue weighted by Crippen LogP contribution is 2.24. The fraction of sp³-hybridized carbons (Fsp3) is 0.350. The summed E-state index contributed by atoms with van der Waals surface area (Å²) in [6.45, 7) is 0.706. The van der Waals surface area contributed by atoms with Gasteiger partial charge in [0.25, 0.3) is 5.56 Å². The first kappa shape index (κ1) is 18.6. The standard InChI is InChI=1S/C20H21N5O2S/c26-19(8-11-25-20(27)17-6-1-2-7-18(17)22-23-25)24(16-9-12-28-14-16)13-15-5-3-4-10-21-15/h1-7,10,16H,8-9,11-14H2/t16-/m1/s1. The number of rotatable bonds is 6. The molecular formula is C20H21N5O2S. The second-order valence-electron chi connectivity index (χ2n) is 6.75. The highest BCUT2D eigenvalue weighted by Gasteiger charge is 2.27. The molecule has 1 aliphatic rings. The summed E-state index contributed by atoms with van der Waals surface area (Å²) >= 11 is 1.86. The van der Waals surface area contributed by atoms with E-state index in [1.807, 2.05) is 40.9 Å². The Hall–Kier alpha value is -2.74. The molecule has 1 aliphatic heterocycles. The van der Waals surface area contributed by atoms with Crippen molar-refractivity contribution >= 4 is 28.6 Å². The zero-order valence-electron chi connectivity index (χ0n) is 15.4. The maximum atomic E-state index is 13.0. The fourth-order valence-corrected chi connectivity index (χ4v) is 4.59. The first-order valence-corrected chi connectivity index (χ1v) is 10.5. The van der Waals surface area contributed by atoms with E-state index < -0.39 is 0 Å². The molecule has 0 spiro atoms. The number of aromatic nitrogens is 4. The molecule has 1 atom stereocenters. The number of aryl methyl sites for hydroxylation is 1. The van der Waals surface area contributed by atoms with E-state index in [1.54, 1.807) is 24.4 Å². The van der Waals surface area contributed by atoms with Crippen LogP contribution in [0.25, 0.3) is 10.9 Å². The molecule has 144 valence electrons. The molecule has 3 heterocycles. The van der Waals surface area contributed by atoms with Gasteiger partial charge >= 0.3 is 0 Å². The number of hydrogen-bond donors (Lipinski definition) is 0. The van der Waals surface area contributed by atoms with Crippen molar-refractivity contribution in [1.29, 1.82) is 0 Å². The minimum absolute atomic E-state index is 0.0139. The smallest absolute Gasteiger partial charge is 0.277 e. The largest absolute Gasteiger partial charge is 0.333 e. The minimum atomic E-state index is -0.217. The number of carbonyl (C=O) groups is 1. The average Bonchev–Trinajstić information content (AvgIpc) is 3.27. The Morgan fingerprint density at radius 1 is 1.21 bits per heavy atom. The summed E-state index contributed by atoms with van der Waals surface area (Å²) in [7, 11) is 0. The molecule has 1 saturated heterocycles. The highest BCUT2D eigenvalue weighted by atomic mass is 32.2. The monoisotopic (exact) mass is 395 g/mol. The second kappa shape index (κ2) is 8.52. The minimum Gasteiger partial charge on any atom is -0.333 e. The summed E-state index contributed by atoms with van der Waals surface area (Å²) in [6, 6.07) is 13.0. The first-order chi connectivity index (χ1) is 13.7. The van der Waals surface area contributed by atoms with Crippen LogP contribution in [0.1, 0.15) is 18.5 Å². The molecule has 4 rings (SSSR count). The van der Waals surface area contributed by atoms with Crippen LogP contribution in [-0.4, -0.2) is 48.3 Å². The predicted molar refractivity (Wildman–Crippen MR) is 109 cm³/mol. The molecule has 1 aromatic carbocycles. The van der Waals surface area contributed by atoms with Crippen LogP contribution in [0.15, 0.2) is 53.5 Å². The Balaban J connectivity index is 1.50. The predicted octanol–water partition coefficient (Wildman–Crippen LogP) is 2.11. The van der Waals surface area contributed by atoms with Crippen LogP contribution in [0, 0.1) is 0 Å². The lowest BCUT2D eigenvalue weighted by Gasteiger charge is -2.28. The van der Waals surface area contributed by atoms with Crippen LogP contribution in [0.5, 0.6) is 0 Å². The summed E-state index contributed by atoms with van der Waals surface area (Å²) in [5, 5.41) is 8.59. The fourth-order valence-electron chi connectivity index (χ4n) is 3.37. The van der Waals surface area contributed by atoms with Gasteiger partial charge in [0.15, 0.2) is 0 Å². The van der Waals surface area contributed by atoms with Crippen LogP contribution >= 0.6 is 11.8 Å². The maximum absolute atomic E-state index is 13.0. The van der Waals surface area contributed by atoms with Crippen LogP contribution in [-0.2, 0) is 17.9 Å². The lowest BCUT2D eigenvalue weighted by atomic mass is 10.2. The lowest BCUT2D eigenvalue weighted by Crippen LogP contribution is -2.41. The molecule has 1 amide bonds. The molecule has 0 saturated carbocycles. The Morgan fingerprint density at radius 2 is 2.07 bits per heavy atom. The third-order valence-electron chi connectivity index (χ3n) is 4.89. The highest BCUT2D eigenvalue weighted by molar-refractivity contribution is 7.99. The van der Waals surface area contributed by atoms with Crippen LogP contribution in [0.3, 0.4) is 0 Å². The molecule has 7 nitrogen and oxygen atoms in total. The average molecular weight is 395 g/mol. The van der Waals surface area contributed by atoms with Crippen molar-refractivity contribution in [2.45, 2.75) is 32.0 Å². The van der Waals surface area contributed by atoms with E-state index in [1.165, 1.54) is 4.68 Å². The van der Waals surface area contributed by atoms with Crippen molar-refractivity contribution in [3.63, 3.8) is 0 Å². The van der Waals surface area contributed by atoms with Crippen molar-refractivity contribution in [3.8, 4) is 0 Å². The van der Waals surface area contributed by atoms with E-state index in [0.29, 0.717) is 17.4 Å². The third-order valence-corrected chi connectivity index (χ3v) is 6.04. The molecule has 0 bridgehead atoms. The van der Waals surface area contributed by atoms with Crippen molar-refractivity contribution in [3.05, 3.63) is 64.7 Å². The topological polar surface area (TPSA) is 81.0 Å². The van der Waals surface area contributed by atoms with Crippen LogP contribution < -0.4 is 5.56 Å². The van der Waals surface area contributed by atoms with Gasteiger partial charge in [-0.1, -0.05) is 23.4 Å². The number of amides is 1. The summed E-state index contributed by atoms with van der Waals surface area (Å²) in [5.41, 5.74) is 1.22. The van der Waals surface area contributed by atoms with Crippen molar-refractivity contribution in [2.24, 2.45) is 0 Å². The van der Waals surface area contributed by atoms with Gasteiger partial charge in [0, 0.05) is 24.4 Å². The van der Waals surface area contributed by atoms with Gasteiger partial charge in [0.05, 0.1) is 24.2 Å². The van der Waals surface area contributed by atoms with Gasteiger partial charge in [-0.05, 0) is 36.4 Å². The van der Waals surface area contributed by atoms with Crippen molar-refractivity contribution in [1.82, 2.24) is 24.9 Å². The molecular weight excluding hydrogens is 374 g/mol. The molecule has 0 unspecified atom stereocenters. The number of hydrogen-bond acceptors (Lipinski definition) is 6. The normalized spacial score (nSPS) is 16.4. The third kappa shape index (κ3) is 4.06. The molecule has 1 fully saturated rings. The number of benzene rings is 1. The van der Waals surface area contributed by atoms with E-state index in [-0.39, 0.29) is 30.5 Å². The number of nitrogens with zero attached hydrogens (tertiary/aromatic N) is 5. The molecule has 0 aliphatic carbocycles. The Labute approximate surface area is 166 Å². The van der Waals surface area contributed by atoms with Crippen LogP contribution in [0.4, 0.5) is 0 Å². The number of pyridine rings is 1. The van der Waals surface area contributed by atoms with Gasteiger partial charge in [-0.25, -0.2) is 4.68 Å². The zero-order chi connectivity index (χ0) is 19.3. The van der Waals surface area contributed by atoms with Crippen molar-refractivity contribution in [2.75, 3.05) is 11.5 Å². The Bertz CT molecular complexity index is 1020. The number of fused-ring (bicyclic) bond motifs is 1. The molecule has 3 aromatic rings. The number of thioether (sulfide) groups is 1. The summed E-state index contributed by atoms with van der Waals surface area (Å²) < 4.78 is 1.28. The van der Waals surface area contributed by atoms with Gasteiger partial charge in [0.2, 0.25) is 5.91 Å². The first-order valence-electron chi connectivity index (χ1n) is 9.32. The van der Waals surface area contributed by atoms with Gasteiger partial charge in [-0.2, -0.15) is 11.8 Å². The van der Waals surface area contributed by atoms with Gasteiger partial charge < -0.3 is 4.90 Å². The quantitative estimate of drug-likeness (QED) is 0.636. The van der Waals surface area contributed by atoms with E-state index in [4.69, 9.17) is 0 Å². The van der Waals surface area contributed by atoms with Crippen LogP contribution in [0.2, 0.25) is 0 Å². The maximum Gasteiger partial charge on any atom is 0.277 e. The van der Waals surface area contributed by atoms with Gasteiger partial charge in [-0.15, -0.1) is 5.10 Å². The Morgan fingerprint density at radius 3 is 2.86 bits per heavy atom. The SMILES string of the molecule is O=C(CCn1nnc2ccccc2c1=O)N(Cc1ccccn1)[C@@H]1CCSC1. The molecule has 0 radical (unpaired) electrons. The summed E-state index contributed by atoms with van der Waals surface area (Å²) in [4.78, 5) is 31.9. The van der Waals surface area contributed by atoms with E-state index >= 15 is 0 Å². The van der Waals surface area contributed by atoms with Gasteiger partial charge in [0.1, 0.15) is 5.52 Å². The molecule has 28 heavy (non-hydrogen) atoms. The summed E-state index contributed by atoms with van der Waals surface area (Å²) in [6.07, 6.45) is 2.94.